The minimum absolute atomic E-state index is 0.0808. The number of amides is 1. The quantitative estimate of drug-likeness (QED) is 0.847. The van der Waals surface area contributed by atoms with Crippen molar-refractivity contribution in [3.05, 3.63) is 41.9 Å². The molecule has 0 unspecified atom stereocenters. The molecule has 0 aliphatic carbocycles. The van der Waals surface area contributed by atoms with Gasteiger partial charge in [-0.25, -0.2) is 14.5 Å². The normalized spacial score (nSPS) is 10.7. The highest BCUT2D eigenvalue weighted by Gasteiger charge is 2.10. The maximum atomic E-state index is 11.9. The minimum atomic E-state index is -1.05. The third-order valence-electron chi connectivity index (χ3n) is 3.08. The highest BCUT2D eigenvalue weighted by atomic mass is 16.4. The smallest absolute Gasteiger partial charge is 0.338 e. The van der Waals surface area contributed by atoms with Gasteiger partial charge < -0.3 is 10.4 Å². The molecule has 0 aliphatic rings. The molecule has 116 valence electrons. The summed E-state index contributed by atoms with van der Waals surface area (Å²) >= 11 is 0. The summed E-state index contributed by atoms with van der Waals surface area (Å²) in [6.45, 7) is 4.81. The van der Waals surface area contributed by atoms with Crippen molar-refractivity contribution in [2.45, 2.75) is 20.3 Å². The third-order valence-corrected chi connectivity index (χ3v) is 3.08. The van der Waals surface area contributed by atoms with Crippen molar-refractivity contribution in [3.63, 3.8) is 0 Å². The summed E-state index contributed by atoms with van der Waals surface area (Å²) in [4.78, 5) is 26.9. The van der Waals surface area contributed by atoms with Crippen LogP contribution >= 0.6 is 0 Å². The molecule has 0 aliphatic heterocycles. The number of carbonyl (C=O) groups is 2. The number of aromatic nitrogens is 3. The summed E-state index contributed by atoms with van der Waals surface area (Å²) < 4.78 is 1.35. The first-order valence-corrected chi connectivity index (χ1v) is 7.00. The number of carboxylic acids is 1. The number of rotatable bonds is 6. The average molecular weight is 302 g/mol. The number of pyridine rings is 1. The van der Waals surface area contributed by atoms with Crippen molar-refractivity contribution < 1.29 is 14.7 Å². The highest BCUT2D eigenvalue weighted by molar-refractivity contribution is 5.93. The molecule has 0 saturated heterocycles. The van der Waals surface area contributed by atoms with E-state index in [0.717, 1.165) is 6.42 Å². The lowest BCUT2D eigenvalue weighted by atomic mass is 10.1. The number of hydrogen-bond acceptors (Lipinski definition) is 4. The van der Waals surface area contributed by atoms with Gasteiger partial charge in [0.1, 0.15) is 0 Å². The summed E-state index contributed by atoms with van der Waals surface area (Å²) in [5, 5.41) is 15.6. The van der Waals surface area contributed by atoms with Crippen LogP contribution in [0.1, 0.15) is 41.0 Å². The van der Waals surface area contributed by atoms with Gasteiger partial charge in [-0.1, -0.05) is 13.8 Å². The van der Waals surface area contributed by atoms with Crippen molar-refractivity contribution >= 4 is 11.9 Å². The number of carboxylic acid groups (broad SMARTS) is 1. The molecule has 22 heavy (non-hydrogen) atoms. The highest BCUT2D eigenvalue weighted by Crippen LogP contribution is 2.07. The number of carbonyl (C=O) groups excluding carboxylic acids is 1. The van der Waals surface area contributed by atoms with Crippen molar-refractivity contribution in [1.82, 2.24) is 20.1 Å². The van der Waals surface area contributed by atoms with Gasteiger partial charge in [0.25, 0.3) is 5.91 Å². The molecule has 1 amide bonds. The van der Waals surface area contributed by atoms with E-state index in [2.05, 4.69) is 29.2 Å². The summed E-state index contributed by atoms with van der Waals surface area (Å²) in [5.74, 6) is -0.242. The van der Waals surface area contributed by atoms with Gasteiger partial charge in [0.05, 0.1) is 17.3 Å². The molecule has 0 saturated carbocycles. The van der Waals surface area contributed by atoms with Crippen LogP contribution in [-0.4, -0.2) is 38.3 Å². The van der Waals surface area contributed by atoms with Gasteiger partial charge in [0.15, 0.2) is 5.82 Å². The van der Waals surface area contributed by atoms with Crippen LogP contribution in [0.15, 0.2) is 30.7 Å². The average Bonchev–Trinajstić information content (AvgIpc) is 2.97. The molecular formula is C15H18N4O3. The summed E-state index contributed by atoms with van der Waals surface area (Å²) in [5.41, 5.74) is 0.537. The predicted octanol–water partition coefficient (Wildman–Crippen LogP) is 1.74. The SMILES string of the molecule is CC(C)CCNC(=O)c1ccc(-n2cc(C(=O)O)cn2)nc1. The van der Waals surface area contributed by atoms with E-state index in [1.165, 1.54) is 23.3 Å². The second kappa shape index (κ2) is 6.84. The number of nitrogens with one attached hydrogen (secondary N) is 1. The Morgan fingerprint density at radius 1 is 1.27 bits per heavy atom. The molecule has 2 heterocycles. The lowest BCUT2D eigenvalue weighted by Gasteiger charge is -2.07. The molecule has 2 aromatic rings. The lowest BCUT2D eigenvalue weighted by Crippen LogP contribution is -2.25. The van der Waals surface area contributed by atoms with E-state index in [1.807, 2.05) is 0 Å². The topological polar surface area (TPSA) is 97.1 Å². The zero-order chi connectivity index (χ0) is 16.1. The number of nitrogens with zero attached hydrogens (tertiary/aromatic N) is 3. The molecule has 2 rings (SSSR count). The first-order valence-electron chi connectivity index (χ1n) is 7.00. The second-order valence-corrected chi connectivity index (χ2v) is 5.32. The van der Waals surface area contributed by atoms with Gasteiger partial charge in [-0.05, 0) is 24.5 Å². The van der Waals surface area contributed by atoms with Crippen LogP contribution in [0.5, 0.6) is 0 Å². The van der Waals surface area contributed by atoms with Crippen LogP contribution in [0, 0.1) is 5.92 Å². The molecule has 0 fully saturated rings. The van der Waals surface area contributed by atoms with Crippen LogP contribution in [-0.2, 0) is 0 Å². The largest absolute Gasteiger partial charge is 0.478 e. The van der Waals surface area contributed by atoms with Crippen LogP contribution in [0.2, 0.25) is 0 Å². The summed E-state index contributed by atoms with van der Waals surface area (Å²) in [7, 11) is 0. The van der Waals surface area contributed by atoms with Crippen molar-refractivity contribution in [2.75, 3.05) is 6.54 Å². The minimum Gasteiger partial charge on any atom is -0.478 e. The fourth-order valence-corrected chi connectivity index (χ4v) is 1.79. The molecule has 0 radical (unpaired) electrons. The first-order chi connectivity index (χ1) is 10.5. The Kier molecular flexibility index (Phi) is 4.88. The van der Waals surface area contributed by atoms with Gasteiger partial charge in [-0.2, -0.15) is 5.10 Å². The van der Waals surface area contributed by atoms with Crippen molar-refractivity contribution in [3.8, 4) is 5.82 Å². The van der Waals surface area contributed by atoms with Crippen molar-refractivity contribution in [2.24, 2.45) is 5.92 Å². The molecule has 0 atom stereocenters. The van der Waals surface area contributed by atoms with Crippen LogP contribution < -0.4 is 5.32 Å². The Morgan fingerprint density at radius 3 is 2.59 bits per heavy atom. The summed E-state index contributed by atoms with van der Waals surface area (Å²) in [6, 6.07) is 3.26. The molecule has 0 bridgehead atoms. The van der Waals surface area contributed by atoms with Crippen LogP contribution in [0.3, 0.4) is 0 Å². The Bertz CT molecular complexity index is 662. The van der Waals surface area contributed by atoms with Gasteiger partial charge in [0.2, 0.25) is 0 Å². The Hall–Kier alpha value is -2.70. The maximum absolute atomic E-state index is 11.9. The van der Waals surface area contributed by atoms with E-state index >= 15 is 0 Å². The zero-order valence-electron chi connectivity index (χ0n) is 12.5. The molecule has 2 aromatic heterocycles. The van der Waals surface area contributed by atoms with Gasteiger partial charge in [-0.15, -0.1) is 0 Å². The zero-order valence-corrected chi connectivity index (χ0v) is 12.5. The maximum Gasteiger partial charge on any atom is 0.338 e. The Labute approximate surface area is 128 Å². The predicted molar refractivity (Wildman–Crippen MR) is 80.1 cm³/mol. The van der Waals surface area contributed by atoms with E-state index in [0.29, 0.717) is 23.8 Å². The fourth-order valence-electron chi connectivity index (χ4n) is 1.79. The molecule has 7 nitrogen and oxygen atoms in total. The molecular weight excluding hydrogens is 284 g/mol. The van der Waals surface area contributed by atoms with Crippen LogP contribution in [0.25, 0.3) is 5.82 Å². The molecule has 7 heteroatoms. The van der Waals surface area contributed by atoms with E-state index in [-0.39, 0.29) is 11.5 Å². The third kappa shape index (κ3) is 3.91. The molecule has 0 spiro atoms. The Balaban J connectivity index is 2.03. The van der Waals surface area contributed by atoms with Crippen LogP contribution in [0.4, 0.5) is 0 Å². The number of hydrogen-bond donors (Lipinski definition) is 2. The fraction of sp³-hybridized carbons (Fsp3) is 0.333. The van der Waals surface area contributed by atoms with E-state index in [9.17, 15) is 9.59 Å². The Morgan fingerprint density at radius 2 is 2.05 bits per heavy atom. The second-order valence-electron chi connectivity index (χ2n) is 5.32. The standard InChI is InChI=1S/C15H18N4O3/c1-10(2)5-6-16-14(20)11-3-4-13(17-7-11)19-9-12(8-18-19)15(21)22/h3-4,7-10H,5-6H2,1-2H3,(H,16,20)(H,21,22). The molecule has 2 N–H and O–H groups in total. The van der Waals surface area contributed by atoms with E-state index in [1.54, 1.807) is 12.1 Å². The van der Waals surface area contributed by atoms with E-state index < -0.39 is 5.97 Å². The van der Waals surface area contributed by atoms with Gasteiger partial charge in [-0.3, -0.25) is 4.79 Å². The monoisotopic (exact) mass is 302 g/mol. The summed E-state index contributed by atoms with van der Waals surface area (Å²) in [6.07, 6.45) is 4.98. The number of aromatic carboxylic acids is 1. The lowest BCUT2D eigenvalue weighted by molar-refractivity contribution is 0.0696. The van der Waals surface area contributed by atoms with E-state index in [4.69, 9.17) is 5.11 Å². The van der Waals surface area contributed by atoms with Crippen molar-refractivity contribution in [1.29, 1.82) is 0 Å². The van der Waals surface area contributed by atoms with Gasteiger partial charge in [0, 0.05) is 18.9 Å². The molecule has 0 aromatic carbocycles. The van der Waals surface area contributed by atoms with Gasteiger partial charge >= 0.3 is 5.97 Å². The first kappa shape index (κ1) is 15.7.